The Morgan fingerprint density at radius 2 is 1.89 bits per heavy atom. The van der Waals surface area contributed by atoms with Crippen LogP contribution in [0.5, 0.6) is 0 Å². The number of benzene rings is 2. The number of tetrazole rings is 1. The molecule has 4 aromatic rings. The highest BCUT2D eigenvalue weighted by atomic mass is 19.3. The fraction of sp³-hybridized carbons (Fsp3) is 0.118. The summed E-state index contributed by atoms with van der Waals surface area (Å²) in [6, 6.07) is 12.9. The van der Waals surface area contributed by atoms with Crippen LogP contribution in [0.1, 0.15) is 22.7 Å². The first kappa shape index (κ1) is 16.8. The molecule has 8 nitrogen and oxygen atoms in total. The van der Waals surface area contributed by atoms with E-state index in [4.69, 9.17) is 4.74 Å². The molecule has 0 atom stereocenters. The number of rotatable bonds is 5. The molecule has 4 rings (SSSR count). The van der Waals surface area contributed by atoms with E-state index in [1.54, 1.807) is 30.3 Å². The number of hydrogen-bond acceptors (Lipinski definition) is 6. The van der Waals surface area contributed by atoms with E-state index in [9.17, 15) is 13.6 Å². The summed E-state index contributed by atoms with van der Waals surface area (Å²) in [6.07, 6.45) is 1.42. The Labute approximate surface area is 151 Å². The van der Waals surface area contributed by atoms with Crippen molar-refractivity contribution in [3.63, 3.8) is 0 Å². The molecule has 2 aromatic heterocycles. The molecule has 10 heteroatoms. The highest BCUT2D eigenvalue weighted by Crippen LogP contribution is 2.23. The summed E-state index contributed by atoms with van der Waals surface area (Å²) in [5, 5.41) is 10.8. The summed E-state index contributed by atoms with van der Waals surface area (Å²) in [7, 11) is 0. The molecule has 2 aromatic carbocycles. The molecule has 0 radical (unpaired) electrons. The van der Waals surface area contributed by atoms with Crippen LogP contribution < -0.4 is 0 Å². The maximum atomic E-state index is 13.4. The van der Waals surface area contributed by atoms with E-state index in [0.717, 1.165) is 4.57 Å². The van der Waals surface area contributed by atoms with Gasteiger partial charge in [-0.15, -0.1) is 5.10 Å². The van der Waals surface area contributed by atoms with Gasteiger partial charge in [-0.25, -0.2) is 14.5 Å². The van der Waals surface area contributed by atoms with E-state index in [0.29, 0.717) is 11.2 Å². The van der Waals surface area contributed by atoms with Gasteiger partial charge in [0.2, 0.25) is 0 Å². The molecule has 0 aliphatic carbocycles. The lowest BCUT2D eigenvalue weighted by Gasteiger charge is -2.09. The number of fused-ring (bicyclic) bond motifs is 1. The largest absolute Gasteiger partial charge is 0.454 e. The molecule has 0 amide bonds. The van der Waals surface area contributed by atoms with Gasteiger partial charge in [-0.1, -0.05) is 12.1 Å². The quantitative estimate of drug-likeness (QED) is 0.502. The molecule has 27 heavy (non-hydrogen) atoms. The molecular weight excluding hydrogens is 358 g/mol. The molecule has 0 unspecified atom stereocenters. The first-order chi connectivity index (χ1) is 13.1. The number of para-hydroxylation sites is 2. The Morgan fingerprint density at radius 3 is 2.59 bits per heavy atom. The van der Waals surface area contributed by atoms with Gasteiger partial charge in [-0.2, -0.15) is 8.78 Å². The van der Waals surface area contributed by atoms with Crippen LogP contribution in [0, 0.1) is 0 Å². The van der Waals surface area contributed by atoms with E-state index < -0.39 is 12.5 Å². The fourth-order valence-electron chi connectivity index (χ4n) is 2.66. The Hall–Kier alpha value is -3.69. The number of hydrogen-bond donors (Lipinski definition) is 0. The topological polar surface area (TPSA) is 87.7 Å². The van der Waals surface area contributed by atoms with Crippen molar-refractivity contribution in [2.45, 2.75) is 13.2 Å². The summed E-state index contributed by atoms with van der Waals surface area (Å²) < 4.78 is 34.1. The normalized spacial score (nSPS) is 11.2. The number of ether oxygens (including phenoxy) is 1. The maximum absolute atomic E-state index is 13.4. The summed E-state index contributed by atoms with van der Waals surface area (Å²) >= 11 is 0. The third kappa shape index (κ3) is 3.24. The molecule has 0 saturated heterocycles. The van der Waals surface area contributed by atoms with Gasteiger partial charge >= 0.3 is 12.5 Å². The first-order valence-corrected chi connectivity index (χ1v) is 7.88. The van der Waals surface area contributed by atoms with Crippen molar-refractivity contribution in [1.29, 1.82) is 0 Å². The fourth-order valence-corrected chi connectivity index (χ4v) is 2.66. The second-order valence-electron chi connectivity index (χ2n) is 5.54. The maximum Gasteiger partial charge on any atom is 0.338 e. The Balaban J connectivity index is 1.51. The van der Waals surface area contributed by atoms with E-state index in [2.05, 4.69) is 20.5 Å². The van der Waals surface area contributed by atoms with Crippen molar-refractivity contribution in [3.05, 3.63) is 66.2 Å². The van der Waals surface area contributed by atoms with Crippen molar-refractivity contribution < 1.29 is 18.3 Å². The number of carbonyl (C=O) groups is 1. The van der Waals surface area contributed by atoms with E-state index in [1.807, 2.05) is 0 Å². The zero-order chi connectivity index (χ0) is 18.8. The van der Waals surface area contributed by atoms with Gasteiger partial charge in [0, 0.05) is 0 Å². The number of carbonyl (C=O) groups excluding carboxylic acids is 1. The molecule has 0 bridgehead atoms. The third-order valence-electron chi connectivity index (χ3n) is 3.91. The Kier molecular flexibility index (Phi) is 4.29. The van der Waals surface area contributed by atoms with Crippen molar-refractivity contribution in [1.82, 2.24) is 29.8 Å². The number of imidazole rings is 1. The second-order valence-corrected chi connectivity index (χ2v) is 5.54. The predicted octanol–water partition coefficient (Wildman–Crippen LogP) is 2.76. The smallest absolute Gasteiger partial charge is 0.338 e. The van der Waals surface area contributed by atoms with Crippen molar-refractivity contribution in [3.8, 4) is 5.69 Å². The molecule has 0 aliphatic heterocycles. The zero-order valence-electron chi connectivity index (χ0n) is 13.7. The van der Waals surface area contributed by atoms with Crippen molar-refractivity contribution >= 4 is 17.0 Å². The summed E-state index contributed by atoms with van der Waals surface area (Å²) in [6.45, 7) is -3.16. The monoisotopic (exact) mass is 370 g/mol. The standard InChI is InChI=1S/C17H12F2N6O2/c18-17(19)25-14-4-2-1-3-13(14)21-15(25)9-27-16(26)11-5-7-12(8-6-11)24-10-20-22-23-24/h1-8,10,17H,9H2. The summed E-state index contributed by atoms with van der Waals surface area (Å²) in [5.41, 5.74) is 1.63. The summed E-state index contributed by atoms with van der Waals surface area (Å²) in [4.78, 5) is 16.3. The molecule has 0 fully saturated rings. The predicted molar refractivity (Wildman–Crippen MR) is 89.3 cm³/mol. The average molecular weight is 370 g/mol. The average Bonchev–Trinajstić information content (AvgIpc) is 3.33. The van der Waals surface area contributed by atoms with Crippen molar-refractivity contribution in [2.24, 2.45) is 0 Å². The van der Waals surface area contributed by atoms with E-state index in [-0.39, 0.29) is 23.5 Å². The minimum Gasteiger partial charge on any atom is -0.454 e. The SMILES string of the molecule is O=C(OCc1nc2ccccc2n1C(F)F)c1ccc(-n2cnnn2)cc1. The van der Waals surface area contributed by atoms with Gasteiger partial charge in [-0.3, -0.25) is 4.57 Å². The van der Waals surface area contributed by atoms with Crippen LogP contribution in [0.3, 0.4) is 0 Å². The minimum atomic E-state index is -2.79. The van der Waals surface area contributed by atoms with Crippen LogP contribution in [0.15, 0.2) is 54.9 Å². The number of nitrogens with zero attached hydrogens (tertiary/aromatic N) is 6. The van der Waals surface area contributed by atoms with Crippen LogP contribution in [0.4, 0.5) is 8.78 Å². The van der Waals surface area contributed by atoms with Gasteiger partial charge in [0.15, 0.2) is 5.82 Å². The number of aromatic nitrogens is 6. The molecule has 0 saturated carbocycles. The molecule has 0 spiro atoms. The van der Waals surface area contributed by atoms with Gasteiger partial charge in [-0.05, 0) is 46.8 Å². The molecule has 2 heterocycles. The van der Waals surface area contributed by atoms with Crippen LogP contribution in [0.2, 0.25) is 0 Å². The highest BCUT2D eigenvalue weighted by Gasteiger charge is 2.19. The lowest BCUT2D eigenvalue weighted by molar-refractivity contribution is 0.0387. The van der Waals surface area contributed by atoms with Crippen molar-refractivity contribution in [2.75, 3.05) is 0 Å². The number of alkyl halides is 2. The Bertz CT molecular complexity index is 1080. The summed E-state index contributed by atoms with van der Waals surface area (Å²) in [5.74, 6) is -0.670. The van der Waals surface area contributed by atoms with Crippen LogP contribution in [-0.2, 0) is 11.3 Å². The lowest BCUT2D eigenvalue weighted by Crippen LogP contribution is -2.10. The van der Waals surface area contributed by atoms with E-state index >= 15 is 0 Å². The highest BCUT2D eigenvalue weighted by molar-refractivity contribution is 5.89. The second kappa shape index (κ2) is 6.90. The van der Waals surface area contributed by atoms with Crippen LogP contribution in [-0.4, -0.2) is 35.7 Å². The third-order valence-corrected chi connectivity index (χ3v) is 3.91. The van der Waals surface area contributed by atoms with Gasteiger partial charge in [0.1, 0.15) is 12.9 Å². The molecular formula is C17H12F2N6O2. The molecule has 136 valence electrons. The number of esters is 1. The minimum absolute atomic E-state index is 0.0233. The molecule has 0 aliphatic rings. The van der Waals surface area contributed by atoms with Gasteiger partial charge in [0.25, 0.3) is 0 Å². The lowest BCUT2D eigenvalue weighted by atomic mass is 10.2. The Morgan fingerprint density at radius 1 is 1.11 bits per heavy atom. The number of halogens is 2. The first-order valence-electron chi connectivity index (χ1n) is 7.88. The van der Waals surface area contributed by atoms with Crippen LogP contribution >= 0.6 is 0 Å². The van der Waals surface area contributed by atoms with Gasteiger partial charge in [0.05, 0.1) is 22.3 Å². The van der Waals surface area contributed by atoms with Gasteiger partial charge < -0.3 is 4.74 Å². The van der Waals surface area contributed by atoms with Crippen LogP contribution in [0.25, 0.3) is 16.7 Å². The van der Waals surface area contributed by atoms with E-state index in [1.165, 1.54) is 29.2 Å². The zero-order valence-corrected chi connectivity index (χ0v) is 13.7. The molecule has 0 N–H and O–H groups in total.